The molecule has 0 aromatic rings. The lowest BCUT2D eigenvalue weighted by molar-refractivity contribution is -0.155. The number of carbonyl (C=O) groups is 2. The Labute approximate surface area is 171 Å². The van der Waals surface area contributed by atoms with Crippen molar-refractivity contribution in [2.45, 2.75) is 116 Å². The third-order valence-corrected chi connectivity index (χ3v) is 5.04. The lowest BCUT2D eigenvalue weighted by atomic mass is 10.0. The summed E-state index contributed by atoms with van der Waals surface area (Å²) in [7, 11) is 0. The van der Waals surface area contributed by atoms with E-state index in [0.29, 0.717) is 6.42 Å². The van der Waals surface area contributed by atoms with Crippen molar-refractivity contribution >= 4 is 11.9 Å². The molecule has 0 spiro atoms. The first-order valence-electron chi connectivity index (χ1n) is 11.3. The number of rotatable bonds is 18. The van der Waals surface area contributed by atoms with Crippen LogP contribution in [0.1, 0.15) is 104 Å². The Bertz CT molecular complexity index is 389. The molecule has 166 valence electrons. The Kier molecular flexibility index (Phi) is 18.4. The highest BCUT2D eigenvalue weighted by Crippen LogP contribution is 2.14. The van der Waals surface area contributed by atoms with E-state index in [1.807, 2.05) is 0 Å². The number of hydrogen-bond acceptors (Lipinski definition) is 5. The van der Waals surface area contributed by atoms with Gasteiger partial charge in [-0.3, -0.25) is 4.79 Å². The molecule has 28 heavy (non-hydrogen) atoms. The summed E-state index contributed by atoms with van der Waals surface area (Å²) in [5.41, 5.74) is 0. The lowest BCUT2D eigenvalue weighted by Crippen LogP contribution is -2.48. The summed E-state index contributed by atoms with van der Waals surface area (Å²) in [6, 6.07) is -0.839. The van der Waals surface area contributed by atoms with Gasteiger partial charge in [-0.1, -0.05) is 90.4 Å². The molecule has 0 aliphatic carbocycles. The molecule has 6 heteroatoms. The minimum absolute atomic E-state index is 0.109. The quantitative estimate of drug-likeness (QED) is 0.184. The number of aliphatic hydroxyl groups is 2. The van der Waals surface area contributed by atoms with Crippen molar-refractivity contribution in [2.24, 2.45) is 0 Å². The first-order valence-corrected chi connectivity index (χ1v) is 11.3. The van der Waals surface area contributed by atoms with Crippen LogP contribution in [0, 0.1) is 0 Å². The minimum Gasteiger partial charge on any atom is -0.459 e. The second-order valence-corrected chi connectivity index (χ2v) is 7.58. The molecule has 0 aromatic heterocycles. The van der Waals surface area contributed by atoms with Crippen molar-refractivity contribution < 1.29 is 24.5 Å². The summed E-state index contributed by atoms with van der Waals surface area (Å²) in [5.74, 6) is -1.92. The molecule has 0 aliphatic heterocycles. The van der Waals surface area contributed by atoms with E-state index in [0.717, 1.165) is 19.3 Å². The minimum atomic E-state index is -0.992. The molecule has 3 N–H and O–H groups in total. The Balaban J connectivity index is 3.62. The molecule has 0 fully saturated rings. The summed E-state index contributed by atoms with van der Waals surface area (Å²) in [6.07, 6.45) is 15.9. The van der Waals surface area contributed by atoms with Crippen LogP contribution in [0.4, 0.5) is 0 Å². The molecule has 0 saturated carbocycles. The summed E-state index contributed by atoms with van der Waals surface area (Å²) in [4.78, 5) is 22.9. The van der Waals surface area contributed by atoms with Crippen LogP contribution in [-0.4, -0.2) is 47.4 Å². The van der Waals surface area contributed by atoms with Gasteiger partial charge in [0.2, 0.25) is 0 Å². The largest absolute Gasteiger partial charge is 0.459 e. The molecular formula is C22H43NO5. The third-order valence-electron chi connectivity index (χ3n) is 5.04. The number of amides is 1. The van der Waals surface area contributed by atoms with Crippen LogP contribution in [0.25, 0.3) is 0 Å². The number of hydrogen-bond donors (Lipinski definition) is 3. The molecule has 2 atom stereocenters. The number of ether oxygens (including phenoxy) is 1. The van der Waals surface area contributed by atoms with Crippen molar-refractivity contribution in [1.82, 2.24) is 5.32 Å². The highest BCUT2D eigenvalue weighted by Gasteiger charge is 2.24. The number of aliphatic hydroxyl groups excluding tert-OH is 2. The smallest absolute Gasteiger partial charge is 0.396 e. The monoisotopic (exact) mass is 401 g/mol. The van der Waals surface area contributed by atoms with Gasteiger partial charge < -0.3 is 20.3 Å². The van der Waals surface area contributed by atoms with Crippen LogP contribution in [0.3, 0.4) is 0 Å². The fraction of sp³-hybridized carbons (Fsp3) is 0.909. The van der Waals surface area contributed by atoms with Crippen LogP contribution >= 0.6 is 0 Å². The van der Waals surface area contributed by atoms with Crippen LogP contribution in [0.5, 0.6) is 0 Å². The van der Waals surface area contributed by atoms with Gasteiger partial charge in [0.15, 0.2) is 0 Å². The number of unbranched alkanes of at least 4 members (excludes halogenated alkanes) is 12. The van der Waals surface area contributed by atoms with Gasteiger partial charge in [-0.25, -0.2) is 4.79 Å². The van der Waals surface area contributed by atoms with E-state index in [2.05, 4.69) is 17.0 Å². The normalized spacial score (nSPS) is 13.1. The molecular weight excluding hydrogens is 358 g/mol. The molecule has 0 rings (SSSR count). The maximum Gasteiger partial charge on any atom is 0.396 e. The molecule has 0 aliphatic rings. The van der Waals surface area contributed by atoms with E-state index in [1.54, 1.807) is 6.92 Å². The average Bonchev–Trinajstić information content (AvgIpc) is 2.69. The first-order chi connectivity index (χ1) is 13.6. The SMILES string of the molecule is CCCCCCCCCCCCCCCC(O)[C@H](CO)NC(=O)C(=O)OCC. The van der Waals surface area contributed by atoms with Crippen molar-refractivity contribution in [2.75, 3.05) is 13.2 Å². The van der Waals surface area contributed by atoms with E-state index in [-0.39, 0.29) is 6.61 Å². The summed E-state index contributed by atoms with van der Waals surface area (Å²) < 4.78 is 4.60. The number of nitrogens with one attached hydrogen (secondary N) is 1. The first kappa shape index (κ1) is 26.9. The maximum atomic E-state index is 11.6. The van der Waals surface area contributed by atoms with Crippen LogP contribution in [-0.2, 0) is 14.3 Å². The van der Waals surface area contributed by atoms with Gasteiger partial charge in [0, 0.05) is 0 Å². The van der Waals surface area contributed by atoms with Crippen molar-refractivity contribution in [3.63, 3.8) is 0 Å². The van der Waals surface area contributed by atoms with Gasteiger partial charge in [-0.05, 0) is 13.3 Å². The lowest BCUT2D eigenvalue weighted by Gasteiger charge is -2.21. The summed E-state index contributed by atoms with van der Waals surface area (Å²) >= 11 is 0. The van der Waals surface area contributed by atoms with Gasteiger partial charge in [0.1, 0.15) is 0 Å². The van der Waals surface area contributed by atoms with Crippen LogP contribution in [0.2, 0.25) is 0 Å². The Morgan fingerprint density at radius 2 is 1.29 bits per heavy atom. The van der Waals surface area contributed by atoms with E-state index < -0.39 is 30.6 Å². The van der Waals surface area contributed by atoms with E-state index in [1.165, 1.54) is 64.2 Å². The Morgan fingerprint density at radius 3 is 1.71 bits per heavy atom. The zero-order chi connectivity index (χ0) is 21.0. The van der Waals surface area contributed by atoms with Crippen LogP contribution in [0.15, 0.2) is 0 Å². The zero-order valence-corrected chi connectivity index (χ0v) is 18.1. The van der Waals surface area contributed by atoms with Gasteiger partial charge >= 0.3 is 11.9 Å². The summed E-state index contributed by atoms with van der Waals surface area (Å²) in [5, 5.41) is 21.8. The molecule has 6 nitrogen and oxygen atoms in total. The van der Waals surface area contributed by atoms with Gasteiger partial charge in [-0.2, -0.15) is 0 Å². The second-order valence-electron chi connectivity index (χ2n) is 7.58. The van der Waals surface area contributed by atoms with Crippen molar-refractivity contribution in [1.29, 1.82) is 0 Å². The predicted octanol–water partition coefficient (Wildman–Crippen LogP) is 3.87. The van der Waals surface area contributed by atoms with E-state index in [4.69, 9.17) is 0 Å². The molecule has 1 unspecified atom stereocenters. The number of esters is 1. The summed E-state index contributed by atoms with van der Waals surface area (Å²) in [6.45, 7) is 3.55. The third kappa shape index (κ3) is 14.9. The Morgan fingerprint density at radius 1 is 0.821 bits per heavy atom. The average molecular weight is 402 g/mol. The fourth-order valence-corrected chi connectivity index (χ4v) is 3.26. The van der Waals surface area contributed by atoms with Gasteiger partial charge in [-0.15, -0.1) is 0 Å². The molecule has 0 bridgehead atoms. The van der Waals surface area contributed by atoms with Crippen molar-refractivity contribution in [3.8, 4) is 0 Å². The molecule has 0 aromatic carbocycles. The highest BCUT2D eigenvalue weighted by atomic mass is 16.5. The van der Waals surface area contributed by atoms with E-state index >= 15 is 0 Å². The predicted molar refractivity (Wildman–Crippen MR) is 112 cm³/mol. The zero-order valence-electron chi connectivity index (χ0n) is 18.1. The van der Waals surface area contributed by atoms with Crippen molar-refractivity contribution in [3.05, 3.63) is 0 Å². The number of carbonyl (C=O) groups excluding carboxylic acids is 2. The highest BCUT2D eigenvalue weighted by molar-refractivity contribution is 6.32. The van der Waals surface area contributed by atoms with Gasteiger partial charge in [0.25, 0.3) is 0 Å². The second kappa shape index (κ2) is 19.2. The topological polar surface area (TPSA) is 95.9 Å². The van der Waals surface area contributed by atoms with E-state index in [9.17, 15) is 19.8 Å². The maximum absolute atomic E-state index is 11.6. The molecule has 0 saturated heterocycles. The molecule has 0 heterocycles. The van der Waals surface area contributed by atoms with Crippen LogP contribution < -0.4 is 5.32 Å². The Hall–Kier alpha value is -1.14. The standard InChI is InChI=1S/C22H43NO5/c1-3-5-6-7-8-9-10-11-12-13-14-15-16-17-20(25)19(18-24)23-21(26)22(27)28-4-2/h19-20,24-25H,3-18H2,1-2H3,(H,23,26)/t19-,20?/m0/s1. The van der Waals surface area contributed by atoms with Gasteiger partial charge in [0.05, 0.1) is 25.4 Å². The molecule has 0 radical (unpaired) electrons. The molecule has 1 amide bonds. The fourth-order valence-electron chi connectivity index (χ4n) is 3.26.